The van der Waals surface area contributed by atoms with E-state index in [0.29, 0.717) is 5.69 Å². The second kappa shape index (κ2) is 4.16. The quantitative estimate of drug-likeness (QED) is 0.562. The standard InChI is InChI=1S/C10H12N2O3/c1-6-4-5-9(12(14)15)10(11-6)7(2)8(3)13/h4-5,7H,1-3H3. The molecule has 0 aliphatic carbocycles. The number of hydrogen-bond donors (Lipinski definition) is 0. The van der Waals surface area contributed by atoms with Gasteiger partial charge in [-0.3, -0.25) is 19.9 Å². The SMILES string of the molecule is CC(=O)C(C)c1nc(C)ccc1[N+](=O)[O-]. The zero-order valence-electron chi connectivity index (χ0n) is 8.85. The van der Waals surface area contributed by atoms with Crippen LogP contribution in [-0.2, 0) is 4.79 Å². The molecule has 0 amide bonds. The molecule has 0 aliphatic rings. The van der Waals surface area contributed by atoms with E-state index in [1.54, 1.807) is 19.9 Å². The Morgan fingerprint density at radius 3 is 2.60 bits per heavy atom. The summed E-state index contributed by atoms with van der Waals surface area (Å²) in [5, 5.41) is 10.7. The van der Waals surface area contributed by atoms with Gasteiger partial charge in [-0.05, 0) is 26.8 Å². The average Bonchev–Trinajstić information content (AvgIpc) is 2.15. The summed E-state index contributed by atoms with van der Waals surface area (Å²) in [6, 6.07) is 2.95. The molecule has 0 aromatic carbocycles. The van der Waals surface area contributed by atoms with Crippen LogP contribution < -0.4 is 0 Å². The molecule has 0 N–H and O–H groups in total. The molecule has 0 fully saturated rings. The lowest BCUT2D eigenvalue weighted by Crippen LogP contribution is -2.10. The van der Waals surface area contributed by atoms with Gasteiger partial charge >= 0.3 is 0 Å². The third-order valence-electron chi connectivity index (χ3n) is 2.26. The topological polar surface area (TPSA) is 73.1 Å². The van der Waals surface area contributed by atoms with Gasteiger partial charge in [-0.2, -0.15) is 0 Å². The summed E-state index contributed by atoms with van der Waals surface area (Å²) in [6.07, 6.45) is 0. The smallest absolute Gasteiger partial charge is 0.291 e. The van der Waals surface area contributed by atoms with Crippen LogP contribution in [0.2, 0.25) is 0 Å². The highest BCUT2D eigenvalue weighted by atomic mass is 16.6. The molecule has 0 radical (unpaired) electrons. The normalized spacial score (nSPS) is 12.2. The fourth-order valence-electron chi connectivity index (χ4n) is 1.24. The van der Waals surface area contributed by atoms with Crippen LogP contribution in [0, 0.1) is 17.0 Å². The van der Waals surface area contributed by atoms with Crippen LogP contribution in [0.1, 0.15) is 31.2 Å². The second-order valence-corrected chi connectivity index (χ2v) is 3.45. The highest BCUT2D eigenvalue weighted by molar-refractivity contribution is 5.83. The molecule has 1 atom stereocenters. The van der Waals surface area contributed by atoms with Crippen LogP contribution in [0.4, 0.5) is 5.69 Å². The molecular formula is C10H12N2O3. The maximum atomic E-state index is 11.2. The summed E-state index contributed by atoms with van der Waals surface area (Å²) in [5.41, 5.74) is 0.819. The zero-order chi connectivity index (χ0) is 11.6. The highest BCUT2D eigenvalue weighted by Gasteiger charge is 2.23. The average molecular weight is 208 g/mol. The molecule has 15 heavy (non-hydrogen) atoms. The molecule has 1 rings (SSSR count). The lowest BCUT2D eigenvalue weighted by Gasteiger charge is -2.07. The van der Waals surface area contributed by atoms with E-state index in [1.807, 2.05) is 0 Å². The molecule has 1 aromatic rings. The minimum Gasteiger partial charge on any atom is -0.299 e. The fourth-order valence-corrected chi connectivity index (χ4v) is 1.24. The summed E-state index contributed by atoms with van der Waals surface area (Å²) >= 11 is 0. The minimum atomic E-state index is -0.537. The Balaban J connectivity index is 3.30. The van der Waals surface area contributed by atoms with Gasteiger partial charge in [0.2, 0.25) is 0 Å². The van der Waals surface area contributed by atoms with Gasteiger partial charge < -0.3 is 0 Å². The molecule has 0 saturated carbocycles. The van der Waals surface area contributed by atoms with Crippen LogP contribution in [-0.4, -0.2) is 15.7 Å². The summed E-state index contributed by atoms with van der Waals surface area (Å²) in [5.74, 6) is -0.665. The molecule has 1 aromatic heterocycles. The molecular weight excluding hydrogens is 196 g/mol. The summed E-state index contributed by atoms with van der Waals surface area (Å²) in [7, 11) is 0. The van der Waals surface area contributed by atoms with Crippen LogP contribution in [0.3, 0.4) is 0 Å². The Morgan fingerprint density at radius 2 is 2.13 bits per heavy atom. The number of rotatable bonds is 3. The molecule has 1 unspecified atom stereocenters. The van der Waals surface area contributed by atoms with E-state index in [4.69, 9.17) is 0 Å². The van der Waals surface area contributed by atoms with Crippen molar-refractivity contribution in [2.75, 3.05) is 0 Å². The first-order valence-corrected chi connectivity index (χ1v) is 4.56. The largest absolute Gasteiger partial charge is 0.299 e. The summed E-state index contributed by atoms with van der Waals surface area (Å²) in [6.45, 7) is 4.76. The molecule has 0 aliphatic heterocycles. The molecule has 0 saturated heterocycles. The van der Waals surface area contributed by atoms with E-state index < -0.39 is 10.8 Å². The summed E-state index contributed by atoms with van der Waals surface area (Å²) < 4.78 is 0. The second-order valence-electron chi connectivity index (χ2n) is 3.45. The zero-order valence-corrected chi connectivity index (χ0v) is 8.85. The van der Waals surface area contributed by atoms with Gasteiger partial charge in [-0.1, -0.05) is 0 Å². The first kappa shape index (κ1) is 11.3. The van der Waals surface area contributed by atoms with Crippen molar-refractivity contribution in [2.24, 2.45) is 0 Å². The lowest BCUT2D eigenvalue weighted by atomic mass is 10.0. The van der Waals surface area contributed by atoms with Gasteiger partial charge in [0, 0.05) is 11.8 Å². The minimum absolute atomic E-state index is 0.0942. The number of ketones is 1. The third-order valence-corrected chi connectivity index (χ3v) is 2.26. The monoisotopic (exact) mass is 208 g/mol. The first-order valence-electron chi connectivity index (χ1n) is 4.56. The van der Waals surface area contributed by atoms with Crippen LogP contribution in [0.25, 0.3) is 0 Å². The number of hydrogen-bond acceptors (Lipinski definition) is 4. The molecule has 5 nitrogen and oxygen atoms in total. The Bertz CT molecular complexity index is 415. The molecule has 0 bridgehead atoms. The van der Waals surface area contributed by atoms with Crippen molar-refractivity contribution < 1.29 is 9.72 Å². The Kier molecular flexibility index (Phi) is 3.14. The van der Waals surface area contributed by atoms with Crippen molar-refractivity contribution >= 4 is 11.5 Å². The number of nitro groups is 1. The number of pyridine rings is 1. The molecule has 80 valence electrons. The van der Waals surface area contributed by atoms with Gasteiger partial charge in [0.1, 0.15) is 11.5 Å². The number of nitrogens with zero attached hydrogens (tertiary/aromatic N) is 2. The summed E-state index contributed by atoms with van der Waals surface area (Å²) in [4.78, 5) is 25.4. The lowest BCUT2D eigenvalue weighted by molar-refractivity contribution is -0.386. The van der Waals surface area contributed by atoms with Crippen molar-refractivity contribution in [1.82, 2.24) is 4.98 Å². The maximum absolute atomic E-state index is 11.2. The van der Waals surface area contributed by atoms with Crippen LogP contribution in [0.15, 0.2) is 12.1 Å². The van der Waals surface area contributed by atoms with Crippen molar-refractivity contribution in [2.45, 2.75) is 26.7 Å². The number of carbonyl (C=O) groups is 1. The predicted octanol–water partition coefficient (Wildman–Crippen LogP) is 1.99. The van der Waals surface area contributed by atoms with E-state index in [1.165, 1.54) is 13.0 Å². The molecule has 5 heteroatoms. The highest BCUT2D eigenvalue weighted by Crippen LogP contribution is 2.25. The maximum Gasteiger partial charge on any atom is 0.291 e. The van der Waals surface area contributed by atoms with Crippen LogP contribution in [0.5, 0.6) is 0 Å². The van der Waals surface area contributed by atoms with Crippen molar-refractivity contribution in [1.29, 1.82) is 0 Å². The van der Waals surface area contributed by atoms with Crippen molar-refractivity contribution in [3.63, 3.8) is 0 Å². The Morgan fingerprint density at radius 1 is 1.53 bits per heavy atom. The van der Waals surface area contributed by atoms with E-state index >= 15 is 0 Å². The Labute approximate surface area is 87.3 Å². The van der Waals surface area contributed by atoms with Gasteiger partial charge in [0.25, 0.3) is 5.69 Å². The van der Waals surface area contributed by atoms with Gasteiger partial charge in [-0.15, -0.1) is 0 Å². The van der Waals surface area contributed by atoms with E-state index in [-0.39, 0.29) is 17.2 Å². The van der Waals surface area contributed by atoms with E-state index in [9.17, 15) is 14.9 Å². The molecule has 1 heterocycles. The van der Waals surface area contributed by atoms with Gasteiger partial charge in [0.15, 0.2) is 0 Å². The predicted molar refractivity (Wildman–Crippen MR) is 54.7 cm³/mol. The number of aromatic nitrogens is 1. The Hall–Kier alpha value is -1.78. The molecule has 0 spiro atoms. The number of aryl methyl sites for hydroxylation is 1. The van der Waals surface area contributed by atoms with Crippen LogP contribution >= 0.6 is 0 Å². The van der Waals surface area contributed by atoms with E-state index in [0.717, 1.165) is 0 Å². The van der Waals surface area contributed by atoms with Crippen molar-refractivity contribution in [3.05, 3.63) is 33.6 Å². The van der Waals surface area contributed by atoms with Gasteiger partial charge in [0.05, 0.1) is 10.8 Å². The van der Waals surface area contributed by atoms with Gasteiger partial charge in [-0.25, -0.2) is 0 Å². The third kappa shape index (κ3) is 2.37. The number of Topliss-reactive ketones (excluding diaryl/α,β-unsaturated/α-hetero) is 1. The fraction of sp³-hybridized carbons (Fsp3) is 0.400. The number of carbonyl (C=O) groups excluding carboxylic acids is 1. The first-order chi connectivity index (χ1) is 6.93. The van der Waals surface area contributed by atoms with Crippen molar-refractivity contribution in [3.8, 4) is 0 Å². The van der Waals surface area contributed by atoms with E-state index in [2.05, 4.69) is 4.98 Å².